The molecule has 3 nitrogen and oxygen atoms in total. The number of thiophene rings is 1. The Bertz CT molecular complexity index is 450. The van der Waals surface area contributed by atoms with Crippen LogP contribution in [-0.4, -0.2) is 37.0 Å². The van der Waals surface area contributed by atoms with E-state index in [0.717, 1.165) is 39.3 Å². The van der Waals surface area contributed by atoms with E-state index < -0.39 is 0 Å². The monoisotopic (exact) mass is 378 g/mol. The van der Waals surface area contributed by atoms with Crippen molar-refractivity contribution in [3.8, 4) is 0 Å². The first kappa shape index (κ1) is 12.1. The quantitative estimate of drug-likeness (QED) is 0.813. The van der Waals surface area contributed by atoms with E-state index in [-0.39, 0.29) is 5.91 Å². The fourth-order valence-electron chi connectivity index (χ4n) is 2.68. The molecule has 0 aliphatic carbocycles. The number of likely N-dealkylation sites (tertiary alicyclic amines) is 1. The maximum Gasteiger partial charge on any atom is 0.255 e. The molecule has 0 saturated carbocycles. The van der Waals surface area contributed by atoms with Gasteiger partial charge in [-0.25, -0.2) is 0 Å². The fourth-order valence-corrected chi connectivity index (χ4v) is 5.46. The molecular weight excluding hydrogens is 368 g/mol. The Balaban J connectivity index is 1.77. The van der Waals surface area contributed by atoms with Gasteiger partial charge in [0.1, 0.15) is 0 Å². The largest absolute Gasteiger partial charge is 0.338 e. The van der Waals surface area contributed by atoms with E-state index in [9.17, 15) is 4.79 Å². The smallest absolute Gasteiger partial charge is 0.255 e. The van der Waals surface area contributed by atoms with Crippen LogP contribution in [0.2, 0.25) is 0 Å². The van der Waals surface area contributed by atoms with Crippen LogP contribution in [0.15, 0.2) is 13.6 Å². The van der Waals surface area contributed by atoms with E-state index in [2.05, 4.69) is 37.2 Å². The Morgan fingerprint density at radius 2 is 2.00 bits per heavy atom. The molecular formula is C11H12Br2N2OS. The zero-order valence-electron chi connectivity index (χ0n) is 9.08. The molecule has 2 fully saturated rings. The number of nitrogens with one attached hydrogen (secondary N) is 1. The SMILES string of the molecule is O=C(c1cc(Br)sc1Br)N1CC2CNCC2C1. The van der Waals surface area contributed by atoms with Crippen LogP contribution in [-0.2, 0) is 0 Å². The molecule has 3 rings (SSSR count). The summed E-state index contributed by atoms with van der Waals surface area (Å²) < 4.78 is 1.92. The second-order valence-corrected chi connectivity index (χ2v) is 8.38. The normalized spacial score (nSPS) is 27.5. The molecule has 2 saturated heterocycles. The van der Waals surface area contributed by atoms with Crippen molar-refractivity contribution in [2.75, 3.05) is 26.2 Å². The Kier molecular flexibility index (Phi) is 3.32. The number of nitrogens with zero attached hydrogens (tertiary/aromatic N) is 1. The van der Waals surface area contributed by atoms with E-state index in [1.807, 2.05) is 11.0 Å². The third-order valence-electron chi connectivity index (χ3n) is 3.56. The van der Waals surface area contributed by atoms with Gasteiger partial charge in [0.25, 0.3) is 5.91 Å². The number of halogens is 2. The highest BCUT2D eigenvalue weighted by atomic mass is 79.9. The molecule has 2 aliphatic heterocycles. The molecule has 1 N–H and O–H groups in total. The molecule has 17 heavy (non-hydrogen) atoms. The molecule has 2 unspecified atom stereocenters. The lowest BCUT2D eigenvalue weighted by Gasteiger charge is -2.16. The molecule has 3 heterocycles. The predicted octanol–water partition coefficient (Wildman–Crippen LogP) is 2.56. The lowest BCUT2D eigenvalue weighted by Crippen LogP contribution is -2.31. The van der Waals surface area contributed by atoms with E-state index in [1.165, 1.54) is 0 Å². The number of hydrogen-bond acceptors (Lipinski definition) is 3. The fraction of sp³-hybridized carbons (Fsp3) is 0.545. The summed E-state index contributed by atoms with van der Waals surface area (Å²) in [6.45, 7) is 3.92. The maximum absolute atomic E-state index is 12.4. The second-order valence-electron chi connectivity index (χ2n) is 4.63. The van der Waals surface area contributed by atoms with E-state index in [0.29, 0.717) is 11.8 Å². The van der Waals surface area contributed by atoms with Crippen LogP contribution in [0.3, 0.4) is 0 Å². The van der Waals surface area contributed by atoms with Crippen molar-refractivity contribution in [3.05, 3.63) is 19.2 Å². The van der Waals surface area contributed by atoms with Gasteiger partial charge < -0.3 is 10.2 Å². The minimum absolute atomic E-state index is 0.160. The zero-order valence-corrected chi connectivity index (χ0v) is 13.1. The third-order valence-corrected chi connectivity index (χ3v) is 5.90. The standard InChI is InChI=1S/C11H12Br2N2OS/c12-9-1-8(10(13)17-9)11(16)15-4-6-2-14-3-7(6)5-15/h1,6-7,14H,2-5H2. The van der Waals surface area contributed by atoms with Gasteiger partial charge in [0, 0.05) is 26.2 Å². The van der Waals surface area contributed by atoms with Crippen molar-refractivity contribution in [1.29, 1.82) is 0 Å². The van der Waals surface area contributed by atoms with Gasteiger partial charge >= 0.3 is 0 Å². The van der Waals surface area contributed by atoms with Crippen LogP contribution in [0.5, 0.6) is 0 Å². The molecule has 6 heteroatoms. The average Bonchev–Trinajstić information content (AvgIpc) is 2.90. The Labute approximate surface area is 121 Å². The Morgan fingerprint density at radius 3 is 2.53 bits per heavy atom. The lowest BCUT2D eigenvalue weighted by atomic mass is 10.0. The molecule has 2 atom stereocenters. The number of carbonyl (C=O) groups excluding carboxylic acids is 1. The summed E-state index contributed by atoms with van der Waals surface area (Å²) in [5, 5.41) is 3.39. The molecule has 0 aromatic carbocycles. The van der Waals surface area contributed by atoms with Crippen LogP contribution in [0.4, 0.5) is 0 Å². The number of rotatable bonds is 1. The molecule has 1 aromatic heterocycles. The summed E-state index contributed by atoms with van der Waals surface area (Å²) in [6, 6.07) is 1.91. The maximum atomic E-state index is 12.4. The molecule has 0 radical (unpaired) electrons. The van der Waals surface area contributed by atoms with E-state index in [4.69, 9.17) is 0 Å². The van der Waals surface area contributed by atoms with Gasteiger partial charge in [-0.1, -0.05) is 0 Å². The predicted molar refractivity (Wildman–Crippen MR) is 75.5 cm³/mol. The first-order valence-electron chi connectivity index (χ1n) is 5.60. The molecule has 2 aliphatic rings. The highest BCUT2D eigenvalue weighted by Crippen LogP contribution is 2.34. The van der Waals surface area contributed by atoms with Gasteiger partial charge in [-0.15, -0.1) is 11.3 Å². The van der Waals surface area contributed by atoms with Crippen molar-refractivity contribution < 1.29 is 4.79 Å². The van der Waals surface area contributed by atoms with E-state index in [1.54, 1.807) is 11.3 Å². The summed E-state index contributed by atoms with van der Waals surface area (Å²) in [7, 11) is 0. The molecule has 0 spiro atoms. The van der Waals surface area contributed by atoms with Gasteiger partial charge in [0.05, 0.1) is 13.1 Å². The zero-order chi connectivity index (χ0) is 12.0. The average molecular weight is 380 g/mol. The van der Waals surface area contributed by atoms with Crippen molar-refractivity contribution in [3.63, 3.8) is 0 Å². The van der Waals surface area contributed by atoms with Crippen molar-refractivity contribution >= 4 is 49.1 Å². The van der Waals surface area contributed by atoms with Gasteiger partial charge in [-0.05, 0) is 49.8 Å². The Morgan fingerprint density at radius 1 is 1.35 bits per heavy atom. The Hall–Kier alpha value is 0.0900. The lowest BCUT2D eigenvalue weighted by molar-refractivity contribution is 0.0781. The van der Waals surface area contributed by atoms with Crippen molar-refractivity contribution in [2.45, 2.75) is 0 Å². The summed E-state index contributed by atoms with van der Waals surface area (Å²) in [6.07, 6.45) is 0. The first-order valence-corrected chi connectivity index (χ1v) is 8.00. The molecule has 0 bridgehead atoms. The van der Waals surface area contributed by atoms with Crippen LogP contribution in [0, 0.1) is 11.8 Å². The summed E-state index contributed by atoms with van der Waals surface area (Å²) >= 11 is 8.42. The van der Waals surface area contributed by atoms with Crippen LogP contribution in [0.1, 0.15) is 10.4 Å². The number of hydrogen-bond donors (Lipinski definition) is 1. The van der Waals surface area contributed by atoms with Gasteiger partial charge in [0.15, 0.2) is 0 Å². The summed E-state index contributed by atoms with van der Waals surface area (Å²) in [4.78, 5) is 14.4. The summed E-state index contributed by atoms with van der Waals surface area (Å²) in [5.74, 6) is 1.47. The van der Waals surface area contributed by atoms with Gasteiger partial charge in [-0.2, -0.15) is 0 Å². The van der Waals surface area contributed by atoms with Crippen molar-refractivity contribution in [2.24, 2.45) is 11.8 Å². The van der Waals surface area contributed by atoms with Gasteiger partial charge in [0.2, 0.25) is 0 Å². The molecule has 92 valence electrons. The number of fused-ring (bicyclic) bond motifs is 1. The van der Waals surface area contributed by atoms with Gasteiger partial charge in [-0.3, -0.25) is 4.79 Å². The van der Waals surface area contributed by atoms with Crippen molar-refractivity contribution in [1.82, 2.24) is 10.2 Å². The first-order chi connectivity index (χ1) is 8.15. The number of carbonyl (C=O) groups is 1. The minimum atomic E-state index is 0.160. The van der Waals surface area contributed by atoms with E-state index >= 15 is 0 Å². The van der Waals surface area contributed by atoms with Crippen LogP contribution in [0.25, 0.3) is 0 Å². The third kappa shape index (κ3) is 2.20. The minimum Gasteiger partial charge on any atom is -0.338 e. The second kappa shape index (κ2) is 4.64. The van der Waals surface area contributed by atoms with Crippen LogP contribution >= 0.6 is 43.2 Å². The molecule has 1 amide bonds. The highest BCUT2D eigenvalue weighted by molar-refractivity contribution is 9.12. The number of amides is 1. The van der Waals surface area contributed by atoms with Crippen LogP contribution < -0.4 is 5.32 Å². The topological polar surface area (TPSA) is 32.3 Å². The molecule has 1 aromatic rings. The highest BCUT2D eigenvalue weighted by Gasteiger charge is 2.38. The summed E-state index contributed by atoms with van der Waals surface area (Å²) in [5.41, 5.74) is 0.787.